The Bertz CT molecular complexity index is 310. The van der Waals surface area contributed by atoms with Crippen molar-refractivity contribution in [2.24, 2.45) is 0 Å². The third kappa shape index (κ3) is 1.64. The van der Waals surface area contributed by atoms with Crippen molar-refractivity contribution in [3.8, 4) is 0 Å². The van der Waals surface area contributed by atoms with Crippen LogP contribution >= 0.6 is 0 Å². The Morgan fingerprint density at radius 1 is 1.54 bits per heavy atom. The summed E-state index contributed by atoms with van der Waals surface area (Å²) in [4.78, 5) is 15.1. The van der Waals surface area contributed by atoms with Crippen LogP contribution in [0, 0.1) is 0 Å². The summed E-state index contributed by atoms with van der Waals surface area (Å²) in [7, 11) is 0. The van der Waals surface area contributed by atoms with Crippen LogP contribution in [0.1, 0.15) is 55.0 Å². The Labute approximate surface area is 77.2 Å². The fourth-order valence-corrected chi connectivity index (χ4v) is 1.81. The van der Waals surface area contributed by atoms with Crippen molar-refractivity contribution in [2.75, 3.05) is 0 Å². The Morgan fingerprint density at radius 2 is 2.23 bits per heavy atom. The molecule has 2 rings (SSSR count). The van der Waals surface area contributed by atoms with Gasteiger partial charge in [-0.15, -0.1) is 0 Å². The van der Waals surface area contributed by atoms with Crippen molar-refractivity contribution in [3.63, 3.8) is 0 Å². The number of hydrogen-bond acceptors (Lipinski definition) is 3. The molecule has 70 valence electrons. The fourth-order valence-electron chi connectivity index (χ4n) is 1.81. The minimum atomic E-state index is -0.0447. The maximum atomic E-state index is 10.9. The zero-order chi connectivity index (χ0) is 9.26. The van der Waals surface area contributed by atoms with Gasteiger partial charge in [0.2, 0.25) is 0 Å². The first-order chi connectivity index (χ1) is 6.27. The normalized spacial score (nSPS) is 17.9. The molecular weight excluding hydrogens is 166 g/mol. The number of carbonyl (C=O) groups excluding carboxylic acids is 1. The van der Waals surface area contributed by atoms with Gasteiger partial charge in [-0.3, -0.25) is 4.79 Å². The molecule has 0 aromatic carbocycles. The lowest BCUT2D eigenvalue weighted by Crippen LogP contribution is -1.91. The van der Waals surface area contributed by atoms with Crippen LogP contribution in [0.3, 0.4) is 0 Å². The molecule has 0 atom stereocenters. The third-order valence-corrected chi connectivity index (χ3v) is 2.57. The van der Waals surface area contributed by atoms with Crippen molar-refractivity contribution in [1.82, 2.24) is 4.98 Å². The lowest BCUT2D eigenvalue weighted by molar-refractivity contribution is 0.0985. The first-order valence-corrected chi connectivity index (χ1v) is 4.74. The molecule has 0 spiro atoms. The topological polar surface area (TPSA) is 43.1 Å². The first-order valence-electron chi connectivity index (χ1n) is 4.74. The van der Waals surface area contributed by atoms with Gasteiger partial charge < -0.3 is 4.42 Å². The smallest absolute Gasteiger partial charge is 0.198 e. The molecule has 0 aliphatic heterocycles. The molecule has 1 heterocycles. The number of nitrogens with zero attached hydrogens (tertiary/aromatic N) is 1. The predicted octanol–water partition coefficient (Wildman–Crippen LogP) is 2.53. The number of hydrogen-bond donors (Lipinski definition) is 0. The van der Waals surface area contributed by atoms with Gasteiger partial charge in [0.05, 0.1) is 6.20 Å². The number of carbonyl (C=O) groups is 1. The van der Waals surface area contributed by atoms with E-state index in [1.807, 2.05) is 0 Å². The van der Waals surface area contributed by atoms with Gasteiger partial charge >= 0.3 is 0 Å². The van der Waals surface area contributed by atoms with E-state index in [-0.39, 0.29) is 5.78 Å². The summed E-state index contributed by atoms with van der Waals surface area (Å²) in [6.45, 7) is 1.50. The molecule has 0 saturated heterocycles. The molecule has 1 saturated carbocycles. The minimum Gasteiger partial charge on any atom is -0.437 e. The average molecular weight is 179 g/mol. The zero-order valence-corrected chi connectivity index (χ0v) is 7.75. The van der Waals surface area contributed by atoms with E-state index in [1.165, 1.54) is 26.0 Å². The van der Waals surface area contributed by atoms with Crippen LogP contribution in [0.4, 0.5) is 0 Å². The number of rotatable bonds is 2. The predicted molar refractivity (Wildman–Crippen MR) is 47.7 cm³/mol. The Balaban J connectivity index is 2.16. The van der Waals surface area contributed by atoms with E-state index in [4.69, 9.17) is 4.42 Å². The molecule has 13 heavy (non-hydrogen) atoms. The van der Waals surface area contributed by atoms with Crippen molar-refractivity contribution in [3.05, 3.63) is 17.8 Å². The van der Waals surface area contributed by atoms with E-state index in [1.54, 1.807) is 0 Å². The quantitative estimate of drug-likeness (QED) is 0.655. The van der Waals surface area contributed by atoms with E-state index in [0.29, 0.717) is 11.7 Å². The molecule has 0 radical (unpaired) electrons. The van der Waals surface area contributed by atoms with E-state index in [2.05, 4.69) is 4.98 Å². The number of oxazole rings is 1. The van der Waals surface area contributed by atoms with Crippen LogP contribution in [0.25, 0.3) is 0 Å². The average Bonchev–Trinajstić information content (AvgIpc) is 2.75. The monoisotopic (exact) mass is 179 g/mol. The molecule has 3 nitrogen and oxygen atoms in total. The van der Waals surface area contributed by atoms with Gasteiger partial charge in [-0.05, 0) is 12.8 Å². The summed E-state index contributed by atoms with van der Waals surface area (Å²) >= 11 is 0. The van der Waals surface area contributed by atoms with Gasteiger partial charge in [-0.1, -0.05) is 12.8 Å². The Morgan fingerprint density at radius 3 is 2.77 bits per heavy atom. The molecular formula is C10H13NO2. The van der Waals surface area contributed by atoms with Gasteiger partial charge in [0, 0.05) is 12.8 Å². The summed E-state index contributed by atoms with van der Waals surface area (Å²) < 4.78 is 5.37. The lowest BCUT2D eigenvalue weighted by Gasteiger charge is -2.00. The summed E-state index contributed by atoms with van der Waals surface area (Å²) in [5.74, 6) is 1.55. The fraction of sp³-hybridized carbons (Fsp3) is 0.600. The van der Waals surface area contributed by atoms with E-state index >= 15 is 0 Å². The molecule has 0 N–H and O–H groups in total. The van der Waals surface area contributed by atoms with Crippen LogP contribution < -0.4 is 0 Å². The standard InChI is InChI=1S/C10H13NO2/c1-7(12)9-6-11-10(13-9)8-4-2-3-5-8/h6,8H,2-5H2,1H3. The summed E-state index contributed by atoms with van der Waals surface area (Å²) in [5, 5.41) is 0. The molecule has 0 amide bonds. The largest absolute Gasteiger partial charge is 0.437 e. The summed E-state index contributed by atoms with van der Waals surface area (Å²) in [6, 6.07) is 0. The summed E-state index contributed by atoms with van der Waals surface area (Å²) in [6.07, 6.45) is 6.34. The van der Waals surface area contributed by atoms with Gasteiger partial charge in [-0.25, -0.2) is 4.98 Å². The molecule has 1 aliphatic rings. The highest BCUT2D eigenvalue weighted by atomic mass is 16.4. The molecule has 1 aromatic rings. The van der Waals surface area contributed by atoms with Crippen LogP contribution in [-0.4, -0.2) is 10.8 Å². The van der Waals surface area contributed by atoms with E-state index < -0.39 is 0 Å². The van der Waals surface area contributed by atoms with Crippen LogP contribution in [0.5, 0.6) is 0 Å². The zero-order valence-electron chi connectivity index (χ0n) is 7.75. The number of ketones is 1. The van der Waals surface area contributed by atoms with Gasteiger partial charge in [0.1, 0.15) is 0 Å². The van der Waals surface area contributed by atoms with Crippen molar-refractivity contribution >= 4 is 5.78 Å². The first kappa shape index (κ1) is 8.48. The molecule has 1 aliphatic carbocycles. The molecule has 1 fully saturated rings. The minimum absolute atomic E-state index is 0.0447. The third-order valence-electron chi connectivity index (χ3n) is 2.57. The Hall–Kier alpha value is -1.12. The second-order valence-corrected chi connectivity index (χ2v) is 3.60. The second-order valence-electron chi connectivity index (χ2n) is 3.60. The highest BCUT2D eigenvalue weighted by molar-refractivity contribution is 5.90. The maximum Gasteiger partial charge on any atom is 0.198 e. The van der Waals surface area contributed by atoms with Gasteiger partial charge in [0.15, 0.2) is 17.4 Å². The van der Waals surface area contributed by atoms with Crippen molar-refractivity contribution in [2.45, 2.75) is 38.5 Å². The molecule has 0 bridgehead atoms. The van der Waals surface area contributed by atoms with Crippen molar-refractivity contribution in [1.29, 1.82) is 0 Å². The number of aromatic nitrogens is 1. The SMILES string of the molecule is CC(=O)c1cnc(C2CCCC2)o1. The van der Waals surface area contributed by atoms with Crippen molar-refractivity contribution < 1.29 is 9.21 Å². The van der Waals surface area contributed by atoms with Gasteiger partial charge in [-0.2, -0.15) is 0 Å². The van der Waals surface area contributed by atoms with E-state index in [9.17, 15) is 4.79 Å². The number of Topliss-reactive ketones (excluding diaryl/α,β-unsaturated/α-hetero) is 1. The second kappa shape index (κ2) is 3.32. The highest BCUT2D eigenvalue weighted by Gasteiger charge is 2.22. The van der Waals surface area contributed by atoms with Gasteiger partial charge in [0.25, 0.3) is 0 Å². The Kier molecular flexibility index (Phi) is 2.17. The molecule has 3 heteroatoms. The van der Waals surface area contributed by atoms with E-state index in [0.717, 1.165) is 18.7 Å². The molecule has 1 aromatic heterocycles. The maximum absolute atomic E-state index is 10.9. The highest BCUT2D eigenvalue weighted by Crippen LogP contribution is 2.33. The van der Waals surface area contributed by atoms with Crippen LogP contribution in [-0.2, 0) is 0 Å². The summed E-state index contributed by atoms with van der Waals surface area (Å²) in [5.41, 5.74) is 0. The van der Waals surface area contributed by atoms with Crippen LogP contribution in [0.15, 0.2) is 10.6 Å². The molecule has 0 unspecified atom stereocenters. The lowest BCUT2D eigenvalue weighted by atomic mass is 10.1. The van der Waals surface area contributed by atoms with Crippen LogP contribution in [0.2, 0.25) is 0 Å².